The Morgan fingerprint density at radius 1 is 1.27 bits per heavy atom. The zero-order chi connectivity index (χ0) is 10.9. The van der Waals surface area contributed by atoms with Crippen molar-refractivity contribution in [2.75, 3.05) is 7.11 Å². The molecule has 2 rings (SSSR count). The number of rotatable bonds is 2. The molecular formula is C12H16O3. The van der Waals surface area contributed by atoms with Gasteiger partial charge in [-0.05, 0) is 31.5 Å². The van der Waals surface area contributed by atoms with Crippen molar-refractivity contribution in [1.82, 2.24) is 0 Å². The Morgan fingerprint density at radius 2 is 1.93 bits per heavy atom. The molecule has 1 aliphatic rings. The van der Waals surface area contributed by atoms with Gasteiger partial charge in [-0.15, -0.1) is 0 Å². The van der Waals surface area contributed by atoms with E-state index in [9.17, 15) is 0 Å². The molecule has 3 nitrogen and oxygen atoms in total. The Labute approximate surface area is 89.9 Å². The minimum atomic E-state index is -0.190. The van der Waals surface area contributed by atoms with Crippen LogP contribution in [-0.2, 0) is 9.78 Å². The standard InChI is InChI=1S/C12H16O3/c1-12(2)8-11(14-15-12)9-4-6-10(13-3)7-5-9/h4-7,11H,8H2,1-3H3. The minimum Gasteiger partial charge on any atom is -0.497 e. The van der Waals surface area contributed by atoms with E-state index in [1.165, 1.54) is 0 Å². The first-order valence-corrected chi connectivity index (χ1v) is 5.09. The number of hydrogen-bond acceptors (Lipinski definition) is 3. The normalized spacial score (nSPS) is 24.1. The van der Waals surface area contributed by atoms with Gasteiger partial charge in [0, 0.05) is 6.42 Å². The number of hydrogen-bond donors (Lipinski definition) is 0. The summed E-state index contributed by atoms with van der Waals surface area (Å²) >= 11 is 0. The van der Waals surface area contributed by atoms with E-state index in [1.54, 1.807) is 7.11 Å². The molecule has 1 unspecified atom stereocenters. The molecule has 3 heteroatoms. The van der Waals surface area contributed by atoms with Crippen molar-refractivity contribution < 1.29 is 14.5 Å². The molecule has 1 atom stereocenters. The highest BCUT2D eigenvalue weighted by Gasteiger charge is 2.34. The van der Waals surface area contributed by atoms with Gasteiger partial charge in [0.05, 0.1) is 7.11 Å². The van der Waals surface area contributed by atoms with Gasteiger partial charge in [0.15, 0.2) is 0 Å². The monoisotopic (exact) mass is 208 g/mol. The topological polar surface area (TPSA) is 27.7 Å². The largest absolute Gasteiger partial charge is 0.497 e. The van der Waals surface area contributed by atoms with Gasteiger partial charge in [-0.3, -0.25) is 0 Å². The fourth-order valence-corrected chi connectivity index (χ4v) is 1.69. The van der Waals surface area contributed by atoms with E-state index in [4.69, 9.17) is 14.5 Å². The van der Waals surface area contributed by atoms with E-state index in [0.29, 0.717) is 0 Å². The molecule has 0 amide bonds. The van der Waals surface area contributed by atoms with Crippen molar-refractivity contribution in [1.29, 1.82) is 0 Å². The third kappa shape index (κ3) is 2.30. The third-order valence-electron chi connectivity index (χ3n) is 2.55. The third-order valence-corrected chi connectivity index (χ3v) is 2.55. The number of ether oxygens (including phenoxy) is 1. The van der Waals surface area contributed by atoms with Gasteiger partial charge >= 0.3 is 0 Å². The van der Waals surface area contributed by atoms with Gasteiger partial charge in [-0.2, -0.15) is 0 Å². The summed E-state index contributed by atoms with van der Waals surface area (Å²) < 4.78 is 5.10. The zero-order valence-electron chi connectivity index (χ0n) is 9.32. The van der Waals surface area contributed by atoms with Gasteiger partial charge < -0.3 is 4.74 Å². The van der Waals surface area contributed by atoms with E-state index >= 15 is 0 Å². The van der Waals surface area contributed by atoms with Crippen molar-refractivity contribution >= 4 is 0 Å². The SMILES string of the molecule is COc1ccc(C2CC(C)(C)OO2)cc1. The van der Waals surface area contributed by atoms with Crippen LogP contribution in [-0.4, -0.2) is 12.7 Å². The van der Waals surface area contributed by atoms with Crippen LogP contribution in [0.3, 0.4) is 0 Å². The summed E-state index contributed by atoms with van der Waals surface area (Å²) in [4.78, 5) is 10.5. The first-order valence-electron chi connectivity index (χ1n) is 5.09. The molecular weight excluding hydrogens is 192 g/mol. The molecule has 1 saturated heterocycles. The fourth-order valence-electron chi connectivity index (χ4n) is 1.69. The second-order valence-corrected chi connectivity index (χ2v) is 4.41. The molecule has 0 bridgehead atoms. The molecule has 0 aromatic heterocycles. The molecule has 0 aliphatic carbocycles. The molecule has 0 N–H and O–H groups in total. The minimum absolute atomic E-state index is 0.0332. The summed E-state index contributed by atoms with van der Waals surface area (Å²) in [6.07, 6.45) is 0.908. The van der Waals surface area contributed by atoms with E-state index in [2.05, 4.69) is 0 Å². The highest BCUT2D eigenvalue weighted by molar-refractivity contribution is 5.28. The zero-order valence-corrected chi connectivity index (χ0v) is 9.32. The van der Waals surface area contributed by atoms with Crippen LogP contribution in [0.1, 0.15) is 31.9 Å². The first kappa shape index (κ1) is 10.5. The van der Waals surface area contributed by atoms with E-state index in [1.807, 2.05) is 38.1 Å². The summed E-state index contributed by atoms with van der Waals surface area (Å²) in [7, 11) is 1.66. The average Bonchev–Trinajstić information content (AvgIpc) is 2.59. The van der Waals surface area contributed by atoms with Gasteiger partial charge in [0.1, 0.15) is 17.5 Å². The fraction of sp³-hybridized carbons (Fsp3) is 0.500. The van der Waals surface area contributed by atoms with Gasteiger partial charge in [0.2, 0.25) is 0 Å². The molecule has 1 fully saturated rings. The van der Waals surface area contributed by atoms with Crippen LogP contribution in [0.25, 0.3) is 0 Å². The summed E-state index contributed by atoms with van der Waals surface area (Å²) in [6, 6.07) is 7.89. The van der Waals surface area contributed by atoms with Gasteiger partial charge in [0.25, 0.3) is 0 Å². The number of benzene rings is 1. The van der Waals surface area contributed by atoms with Gasteiger partial charge in [-0.1, -0.05) is 12.1 Å². The van der Waals surface area contributed by atoms with Crippen LogP contribution in [0.2, 0.25) is 0 Å². The van der Waals surface area contributed by atoms with Crippen LogP contribution in [0.15, 0.2) is 24.3 Å². The van der Waals surface area contributed by atoms with Crippen LogP contribution in [0.5, 0.6) is 5.75 Å². The Kier molecular flexibility index (Phi) is 2.67. The quantitative estimate of drug-likeness (QED) is 0.699. The summed E-state index contributed by atoms with van der Waals surface area (Å²) in [5.74, 6) is 0.858. The van der Waals surface area contributed by atoms with Crippen molar-refractivity contribution in [3.05, 3.63) is 29.8 Å². The highest BCUT2D eigenvalue weighted by Crippen LogP contribution is 2.37. The van der Waals surface area contributed by atoms with Crippen molar-refractivity contribution in [2.45, 2.75) is 32.0 Å². The van der Waals surface area contributed by atoms with Crippen molar-refractivity contribution in [3.63, 3.8) is 0 Å². The summed E-state index contributed by atoms with van der Waals surface area (Å²) in [5.41, 5.74) is 0.936. The second-order valence-electron chi connectivity index (χ2n) is 4.41. The van der Waals surface area contributed by atoms with E-state index < -0.39 is 0 Å². The first-order chi connectivity index (χ1) is 7.11. The molecule has 1 heterocycles. The predicted octanol–water partition coefficient (Wildman–Crippen LogP) is 2.87. The van der Waals surface area contributed by atoms with Crippen molar-refractivity contribution in [3.8, 4) is 5.75 Å². The van der Waals surface area contributed by atoms with Crippen LogP contribution in [0, 0.1) is 0 Å². The smallest absolute Gasteiger partial charge is 0.121 e. The molecule has 0 saturated carbocycles. The summed E-state index contributed by atoms with van der Waals surface area (Å²) in [5, 5.41) is 0. The Bertz CT molecular complexity index is 329. The lowest BCUT2D eigenvalue weighted by Gasteiger charge is -2.11. The maximum absolute atomic E-state index is 5.29. The molecule has 82 valence electrons. The number of methoxy groups -OCH3 is 1. The van der Waals surface area contributed by atoms with E-state index in [0.717, 1.165) is 17.7 Å². The maximum Gasteiger partial charge on any atom is 0.121 e. The maximum atomic E-state index is 5.29. The lowest BCUT2D eigenvalue weighted by Crippen LogP contribution is -2.16. The average molecular weight is 208 g/mol. The van der Waals surface area contributed by atoms with Crippen LogP contribution >= 0.6 is 0 Å². The molecule has 0 radical (unpaired) electrons. The van der Waals surface area contributed by atoms with Gasteiger partial charge in [-0.25, -0.2) is 9.78 Å². The Hall–Kier alpha value is -1.06. The molecule has 1 aromatic rings. The highest BCUT2D eigenvalue weighted by atomic mass is 17.2. The molecule has 1 aromatic carbocycles. The Morgan fingerprint density at radius 3 is 2.40 bits per heavy atom. The molecule has 1 aliphatic heterocycles. The molecule has 0 spiro atoms. The molecule has 15 heavy (non-hydrogen) atoms. The second kappa shape index (κ2) is 3.83. The predicted molar refractivity (Wildman–Crippen MR) is 56.6 cm³/mol. The van der Waals surface area contributed by atoms with Crippen molar-refractivity contribution in [2.24, 2.45) is 0 Å². The van der Waals surface area contributed by atoms with E-state index in [-0.39, 0.29) is 11.7 Å². The lowest BCUT2D eigenvalue weighted by molar-refractivity contribution is -0.320. The lowest BCUT2D eigenvalue weighted by atomic mass is 9.97. The Balaban J connectivity index is 2.11. The van der Waals surface area contributed by atoms with Crippen LogP contribution in [0.4, 0.5) is 0 Å². The summed E-state index contributed by atoms with van der Waals surface area (Å²) in [6.45, 7) is 4.05. The van der Waals surface area contributed by atoms with Crippen LogP contribution < -0.4 is 4.74 Å².